The summed E-state index contributed by atoms with van der Waals surface area (Å²) in [5.74, 6) is 0. The molecule has 20 heavy (non-hydrogen) atoms. The van der Waals surface area contributed by atoms with Crippen molar-refractivity contribution < 1.29 is 9.84 Å². The van der Waals surface area contributed by atoms with E-state index in [-0.39, 0.29) is 0 Å². The Hall–Kier alpha value is -2.15. The molecule has 2 atom stereocenters. The molecule has 0 bridgehead atoms. The molecule has 3 nitrogen and oxygen atoms in total. The van der Waals surface area contributed by atoms with Crippen molar-refractivity contribution >= 4 is 0 Å². The maximum absolute atomic E-state index is 9.77. The third-order valence-corrected chi connectivity index (χ3v) is 3.07. The Balaban J connectivity index is 1.99. The van der Waals surface area contributed by atoms with Crippen molar-refractivity contribution in [2.45, 2.75) is 25.2 Å². The van der Waals surface area contributed by atoms with Crippen molar-refractivity contribution in [3.8, 4) is 6.07 Å². The number of benzene rings is 2. The van der Waals surface area contributed by atoms with Gasteiger partial charge < -0.3 is 9.84 Å². The van der Waals surface area contributed by atoms with Crippen molar-refractivity contribution in [3.63, 3.8) is 0 Å². The van der Waals surface area contributed by atoms with Gasteiger partial charge in [-0.25, -0.2) is 0 Å². The molecule has 0 aliphatic heterocycles. The van der Waals surface area contributed by atoms with Crippen molar-refractivity contribution in [2.24, 2.45) is 0 Å². The maximum atomic E-state index is 9.77. The lowest BCUT2D eigenvalue weighted by Crippen LogP contribution is -2.29. The van der Waals surface area contributed by atoms with Crippen LogP contribution in [0.1, 0.15) is 11.1 Å². The standard InChI is InChI=1S/C17H17NO2/c18-12-16(19)17(11-14-7-3-1-4-8-14)20-13-15-9-5-2-6-10-15/h1-10,16-17,19H,11,13H2/t16-,17-/m0/s1. The lowest BCUT2D eigenvalue weighted by molar-refractivity contribution is -0.0231. The van der Waals surface area contributed by atoms with E-state index in [9.17, 15) is 5.11 Å². The van der Waals surface area contributed by atoms with E-state index in [1.54, 1.807) is 0 Å². The predicted octanol–water partition coefficient (Wildman–Crippen LogP) is 2.70. The van der Waals surface area contributed by atoms with Crippen LogP contribution in [0.2, 0.25) is 0 Å². The van der Waals surface area contributed by atoms with Crippen LogP contribution in [-0.4, -0.2) is 17.3 Å². The molecular formula is C17H17NO2. The molecule has 0 saturated heterocycles. The van der Waals surface area contributed by atoms with Gasteiger partial charge in [0.1, 0.15) is 6.10 Å². The summed E-state index contributed by atoms with van der Waals surface area (Å²) < 4.78 is 5.71. The lowest BCUT2D eigenvalue weighted by Gasteiger charge is -2.19. The van der Waals surface area contributed by atoms with Crippen molar-refractivity contribution in [1.82, 2.24) is 0 Å². The van der Waals surface area contributed by atoms with Gasteiger partial charge in [-0.15, -0.1) is 0 Å². The number of nitrogens with zero attached hydrogens (tertiary/aromatic N) is 1. The molecular weight excluding hydrogens is 250 g/mol. The molecule has 0 aliphatic rings. The van der Waals surface area contributed by atoms with E-state index in [1.807, 2.05) is 66.7 Å². The number of aliphatic hydroxyl groups excluding tert-OH is 1. The molecule has 0 amide bonds. The fourth-order valence-electron chi connectivity index (χ4n) is 1.97. The normalized spacial score (nSPS) is 13.4. The molecule has 2 aromatic rings. The lowest BCUT2D eigenvalue weighted by atomic mass is 10.0. The number of hydrogen-bond acceptors (Lipinski definition) is 3. The Labute approximate surface area is 119 Å². The van der Waals surface area contributed by atoms with Gasteiger partial charge in [-0.2, -0.15) is 5.26 Å². The van der Waals surface area contributed by atoms with Gasteiger partial charge in [-0.3, -0.25) is 0 Å². The van der Waals surface area contributed by atoms with E-state index < -0.39 is 12.2 Å². The summed E-state index contributed by atoms with van der Waals surface area (Å²) >= 11 is 0. The number of rotatable bonds is 6. The molecule has 0 aromatic heterocycles. The summed E-state index contributed by atoms with van der Waals surface area (Å²) in [5, 5.41) is 18.7. The van der Waals surface area contributed by atoms with E-state index in [0.717, 1.165) is 11.1 Å². The molecule has 0 fully saturated rings. The number of ether oxygens (including phenoxy) is 1. The summed E-state index contributed by atoms with van der Waals surface area (Å²) in [7, 11) is 0. The van der Waals surface area contributed by atoms with Crippen LogP contribution >= 0.6 is 0 Å². The van der Waals surface area contributed by atoms with Crippen LogP contribution < -0.4 is 0 Å². The molecule has 0 spiro atoms. The van der Waals surface area contributed by atoms with E-state index in [1.165, 1.54) is 0 Å². The molecule has 1 N–H and O–H groups in total. The maximum Gasteiger partial charge on any atom is 0.166 e. The minimum absolute atomic E-state index is 0.386. The number of aliphatic hydroxyl groups is 1. The zero-order chi connectivity index (χ0) is 14.2. The molecule has 102 valence electrons. The quantitative estimate of drug-likeness (QED) is 0.819. The second-order valence-electron chi connectivity index (χ2n) is 4.60. The third kappa shape index (κ3) is 4.20. The molecule has 0 saturated carbocycles. The van der Waals surface area contributed by atoms with E-state index in [4.69, 9.17) is 10.00 Å². The highest BCUT2D eigenvalue weighted by Gasteiger charge is 2.20. The zero-order valence-corrected chi connectivity index (χ0v) is 11.1. The van der Waals surface area contributed by atoms with Gasteiger partial charge in [0.15, 0.2) is 6.10 Å². The first kappa shape index (κ1) is 14.3. The summed E-state index contributed by atoms with van der Waals surface area (Å²) in [4.78, 5) is 0. The largest absolute Gasteiger partial charge is 0.375 e. The molecule has 2 rings (SSSR count). The van der Waals surface area contributed by atoms with Crippen LogP contribution in [0.15, 0.2) is 60.7 Å². The predicted molar refractivity (Wildman–Crippen MR) is 76.8 cm³/mol. The van der Waals surface area contributed by atoms with Gasteiger partial charge in [-0.1, -0.05) is 60.7 Å². The van der Waals surface area contributed by atoms with Crippen LogP contribution in [-0.2, 0) is 17.8 Å². The van der Waals surface area contributed by atoms with E-state index in [0.29, 0.717) is 13.0 Å². The Kier molecular flexibility index (Phi) is 5.31. The van der Waals surface area contributed by atoms with Crippen molar-refractivity contribution in [2.75, 3.05) is 0 Å². The first-order valence-electron chi connectivity index (χ1n) is 6.56. The van der Waals surface area contributed by atoms with Gasteiger partial charge in [0, 0.05) is 6.42 Å². The second kappa shape index (κ2) is 7.44. The zero-order valence-electron chi connectivity index (χ0n) is 11.1. The SMILES string of the molecule is N#C[C@H](O)[C@H](Cc1ccccc1)OCc1ccccc1. The van der Waals surface area contributed by atoms with Crippen molar-refractivity contribution in [3.05, 3.63) is 71.8 Å². The van der Waals surface area contributed by atoms with Crippen LogP contribution in [0.25, 0.3) is 0 Å². The average molecular weight is 267 g/mol. The summed E-state index contributed by atoms with van der Waals surface area (Å²) in [6.45, 7) is 0.386. The minimum atomic E-state index is -1.13. The van der Waals surface area contributed by atoms with Gasteiger partial charge in [-0.05, 0) is 11.1 Å². The van der Waals surface area contributed by atoms with Crippen LogP contribution in [0.4, 0.5) is 0 Å². The van der Waals surface area contributed by atoms with Crippen LogP contribution in [0.5, 0.6) is 0 Å². The average Bonchev–Trinajstić information content (AvgIpc) is 2.52. The van der Waals surface area contributed by atoms with Gasteiger partial charge in [0.2, 0.25) is 0 Å². The summed E-state index contributed by atoms with van der Waals surface area (Å²) in [5.41, 5.74) is 2.07. The third-order valence-electron chi connectivity index (χ3n) is 3.07. The van der Waals surface area contributed by atoms with Gasteiger partial charge in [0.25, 0.3) is 0 Å². The Bertz CT molecular complexity index is 548. The second-order valence-corrected chi connectivity index (χ2v) is 4.60. The monoisotopic (exact) mass is 267 g/mol. The smallest absolute Gasteiger partial charge is 0.166 e. The Morgan fingerprint density at radius 2 is 1.50 bits per heavy atom. The van der Waals surface area contributed by atoms with Gasteiger partial charge in [0.05, 0.1) is 12.7 Å². The highest BCUT2D eigenvalue weighted by molar-refractivity contribution is 5.17. The molecule has 3 heteroatoms. The number of hydrogen-bond donors (Lipinski definition) is 1. The fourth-order valence-corrected chi connectivity index (χ4v) is 1.97. The number of nitriles is 1. The first-order chi connectivity index (χ1) is 9.79. The summed E-state index contributed by atoms with van der Waals surface area (Å²) in [6, 6.07) is 21.3. The molecule has 0 heterocycles. The highest BCUT2D eigenvalue weighted by Crippen LogP contribution is 2.12. The van der Waals surface area contributed by atoms with Crippen LogP contribution in [0, 0.1) is 11.3 Å². The molecule has 0 unspecified atom stereocenters. The minimum Gasteiger partial charge on any atom is -0.375 e. The molecule has 0 radical (unpaired) electrons. The highest BCUT2D eigenvalue weighted by atomic mass is 16.5. The fraction of sp³-hybridized carbons (Fsp3) is 0.235. The van der Waals surface area contributed by atoms with Crippen LogP contribution in [0.3, 0.4) is 0 Å². The Morgan fingerprint density at radius 1 is 0.950 bits per heavy atom. The van der Waals surface area contributed by atoms with E-state index in [2.05, 4.69) is 0 Å². The van der Waals surface area contributed by atoms with Crippen molar-refractivity contribution in [1.29, 1.82) is 5.26 Å². The van der Waals surface area contributed by atoms with Gasteiger partial charge >= 0.3 is 0 Å². The first-order valence-corrected chi connectivity index (χ1v) is 6.56. The molecule has 2 aromatic carbocycles. The summed E-state index contributed by atoms with van der Waals surface area (Å²) in [6.07, 6.45) is -1.14. The topological polar surface area (TPSA) is 53.2 Å². The van der Waals surface area contributed by atoms with E-state index >= 15 is 0 Å². The Morgan fingerprint density at radius 3 is 2.05 bits per heavy atom. The molecule has 0 aliphatic carbocycles.